The normalized spacial score (nSPS) is 10.3. The largest absolute Gasteiger partial charge is 0.462 e. The number of nitrogens with one attached hydrogen (secondary N) is 1. The van der Waals surface area contributed by atoms with Gasteiger partial charge in [-0.15, -0.1) is 11.3 Å². The van der Waals surface area contributed by atoms with E-state index < -0.39 is 0 Å². The molecule has 1 N–H and O–H groups in total. The Kier molecular flexibility index (Phi) is 8.57. The second-order valence-electron chi connectivity index (χ2n) is 4.62. The molecule has 0 atom stereocenters. The molecule has 0 saturated carbocycles. The molecule has 0 spiro atoms. The van der Waals surface area contributed by atoms with Crippen LogP contribution >= 0.6 is 35.3 Å². The number of hydrogen-bond donors (Lipinski definition) is 1. The molecule has 0 aliphatic rings. The molecule has 0 saturated heterocycles. The van der Waals surface area contributed by atoms with E-state index in [-0.39, 0.29) is 17.6 Å². The molecule has 23 heavy (non-hydrogen) atoms. The molecule has 1 aromatic rings. The number of amides is 1. The van der Waals surface area contributed by atoms with Crippen LogP contribution in [0.2, 0.25) is 0 Å². The minimum absolute atomic E-state index is 0.138. The molecule has 5 nitrogen and oxygen atoms in total. The summed E-state index contributed by atoms with van der Waals surface area (Å²) in [6.45, 7) is 9.64. The van der Waals surface area contributed by atoms with Gasteiger partial charge in [0.05, 0.1) is 17.4 Å². The van der Waals surface area contributed by atoms with Crippen LogP contribution in [0.5, 0.6) is 0 Å². The average molecular weight is 375 g/mol. The third-order valence-electron chi connectivity index (χ3n) is 2.99. The van der Waals surface area contributed by atoms with Crippen LogP contribution < -0.4 is 5.32 Å². The van der Waals surface area contributed by atoms with Crippen LogP contribution in [-0.4, -0.2) is 46.5 Å². The number of rotatable bonds is 7. The number of nitrogens with zero attached hydrogens (tertiary/aromatic N) is 1. The fourth-order valence-electron chi connectivity index (χ4n) is 1.82. The summed E-state index contributed by atoms with van der Waals surface area (Å²) in [7, 11) is 0. The third kappa shape index (κ3) is 6.12. The molecule has 1 rings (SSSR count). The van der Waals surface area contributed by atoms with Crippen molar-refractivity contribution in [3.63, 3.8) is 0 Å². The van der Waals surface area contributed by atoms with Crippen LogP contribution in [0.25, 0.3) is 0 Å². The second kappa shape index (κ2) is 9.89. The van der Waals surface area contributed by atoms with Crippen molar-refractivity contribution in [2.24, 2.45) is 0 Å². The zero-order chi connectivity index (χ0) is 17.4. The molecule has 1 aromatic heterocycles. The zero-order valence-electron chi connectivity index (χ0n) is 13.8. The van der Waals surface area contributed by atoms with E-state index >= 15 is 0 Å². The van der Waals surface area contributed by atoms with E-state index in [0.717, 1.165) is 23.0 Å². The highest BCUT2D eigenvalue weighted by atomic mass is 32.2. The van der Waals surface area contributed by atoms with Gasteiger partial charge in [0.15, 0.2) is 0 Å². The Morgan fingerprint density at radius 2 is 2.00 bits per heavy atom. The molecule has 1 amide bonds. The van der Waals surface area contributed by atoms with Gasteiger partial charge in [-0.05, 0) is 39.3 Å². The van der Waals surface area contributed by atoms with E-state index in [1.807, 2.05) is 25.7 Å². The van der Waals surface area contributed by atoms with E-state index in [2.05, 4.69) is 5.32 Å². The van der Waals surface area contributed by atoms with Gasteiger partial charge in [-0.3, -0.25) is 4.79 Å². The number of aryl methyl sites for hydroxylation is 1. The molecule has 0 fully saturated rings. The van der Waals surface area contributed by atoms with Crippen LogP contribution in [0.15, 0.2) is 6.07 Å². The van der Waals surface area contributed by atoms with E-state index in [9.17, 15) is 9.59 Å². The quantitative estimate of drug-likeness (QED) is 0.582. The van der Waals surface area contributed by atoms with Crippen LogP contribution in [0.3, 0.4) is 0 Å². The van der Waals surface area contributed by atoms with Crippen molar-refractivity contribution in [1.82, 2.24) is 4.90 Å². The fraction of sp³-hybridized carbons (Fsp3) is 0.533. The van der Waals surface area contributed by atoms with Gasteiger partial charge in [0.2, 0.25) is 5.91 Å². The molecule has 0 unspecified atom stereocenters. The first kappa shape index (κ1) is 19.9. The Hall–Kier alpha value is -1.12. The highest BCUT2D eigenvalue weighted by molar-refractivity contribution is 8.23. The van der Waals surface area contributed by atoms with E-state index in [4.69, 9.17) is 17.0 Å². The first-order chi connectivity index (χ1) is 10.9. The summed E-state index contributed by atoms with van der Waals surface area (Å²) in [4.78, 5) is 26.3. The predicted octanol–water partition coefficient (Wildman–Crippen LogP) is 3.53. The molecule has 0 aromatic carbocycles. The molecule has 0 radical (unpaired) electrons. The van der Waals surface area contributed by atoms with Crippen LogP contribution in [0.4, 0.5) is 5.00 Å². The van der Waals surface area contributed by atoms with Crippen LogP contribution in [0.1, 0.15) is 36.0 Å². The van der Waals surface area contributed by atoms with E-state index in [1.54, 1.807) is 13.0 Å². The Balaban J connectivity index is 2.56. The molecule has 8 heteroatoms. The zero-order valence-corrected chi connectivity index (χ0v) is 16.3. The third-order valence-corrected chi connectivity index (χ3v) is 5.65. The lowest BCUT2D eigenvalue weighted by Gasteiger charge is -2.20. The van der Waals surface area contributed by atoms with Crippen molar-refractivity contribution in [1.29, 1.82) is 0 Å². The Labute approximate surface area is 150 Å². The maximum atomic E-state index is 12.0. The summed E-state index contributed by atoms with van der Waals surface area (Å²) in [6.07, 6.45) is 0. The van der Waals surface area contributed by atoms with Gasteiger partial charge in [0.25, 0.3) is 0 Å². The summed E-state index contributed by atoms with van der Waals surface area (Å²) in [5, 5.41) is 3.45. The van der Waals surface area contributed by atoms with Crippen molar-refractivity contribution < 1.29 is 14.3 Å². The number of thioether (sulfide) groups is 1. The maximum absolute atomic E-state index is 12.0. The van der Waals surface area contributed by atoms with Crippen molar-refractivity contribution in [3.05, 3.63) is 16.5 Å². The lowest BCUT2D eigenvalue weighted by atomic mass is 10.3. The van der Waals surface area contributed by atoms with Gasteiger partial charge in [0.1, 0.15) is 9.20 Å². The number of hydrogen-bond acceptors (Lipinski definition) is 6. The summed E-state index contributed by atoms with van der Waals surface area (Å²) in [6, 6.07) is 1.78. The van der Waals surface area contributed by atoms with Gasteiger partial charge < -0.3 is 15.0 Å². The molecular formula is C15H22N2O3S3. The van der Waals surface area contributed by atoms with Crippen LogP contribution in [-0.2, 0) is 9.53 Å². The standard InChI is InChI=1S/C15H22N2O3S3/c1-5-17(6-2)15(21)22-9-11(18)16-12-8-10(4)13(23-12)14(19)20-7-3/h8H,5-7,9H2,1-4H3,(H,16,18). The van der Waals surface area contributed by atoms with E-state index in [0.29, 0.717) is 16.5 Å². The van der Waals surface area contributed by atoms with Gasteiger partial charge in [-0.1, -0.05) is 24.0 Å². The van der Waals surface area contributed by atoms with Gasteiger partial charge >= 0.3 is 5.97 Å². The van der Waals surface area contributed by atoms with Crippen molar-refractivity contribution >= 4 is 56.5 Å². The second-order valence-corrected chi connectivity index (χ2v) is 7.28. The minimum Gasteiger partial charge on any atom is -0.462 e. The number of ether oxygens (including phenoxy) is 1. The molecule has 0 aliphatic heterocycles. The number of thiophene rings is 1. The Morgan fingerprint density at radius 3 is 2.57 bits per heavy atom. The smallest absolute Gasteiger partial charge is 0.348 e. The molecule has 1 heterocycles. The molecular weight excluding hydrogens is 352 g/mol. The summed E-state index contributed by atoms with van der Waals surface area (Å²) >= 11 is 7.87. The van der Waals surface area contributed by atoms with Gasteiger partial charge in [0, 0.05) is 13.1 Å². The molecule has 128 valence electrons. The highest BCUT2D eigenvalue weighted by Gasteiger charge is 2.16. The number of carbonyl (C=O) groups excluding carboxylic acids is 2. The maximum Gasteiger partial charge on any atom is 0.348 e. The van der Waals surface area contributed by atoms with Crippen molar-refractivity contribution in [2.45, 2.75) is 27.7 Å². The SMILES string of the molecule is CCOC(=O)c1sc(NC(=O)CSC(=S)N(CC)CC)cc1C. The number of anilines is 1. The first-order valence-corrected chi connectivity index (χ1v) is 9.62. The summed E-state index contributed by atoms with van der Waals surface area (Å²) in [5.41, 5.74) is 0.801. The van der Waals surface area contributed by atoms with Gasteiger partial charge in [-0.2, -0.15) is 0 Å². The van der Waals surface area contributed by atoms with Gasteiger partial charge in [-0.25, -0.2) is 4.79 Å². The Bertz CT molecular complexity index is 568. The van der Waals surface area contributed by atoms with Crippen molar-refractivity contribution in [3.8, 4) is 0 Å². The highest BCUT2D eigenvalue weighted by Crippen LogP contribution is 2.27. The lowest BCUT2D eigenvalue weighted by Crippen LogP contribution is -2.28. The summed E-state index contributed by atoms with van der Waals surface area (Å²) < 4.78 is 5.71. The average Bonchev–Trinajstić information content (AvgIpc) is 2.87. The minimum atomic E-state index is -0.354. The Morgan fingerprint density at radius 1 is 1.35 bits per heavy atom. The predicted molar refractivity (Wildman–Crippen MR) is 102 cm³/mol. The lowest BCUT2D eigenvalue weighted by molar-refractivity contribution is -0.113. The molecule has 0 aliphatic carbocycles. The first-order valence-electron chi connectivity index (χ1n) is 7.41. The number of esters is 1. The topological polar surface area (TPSA) is 58.6 Å². The molecule has 0 bridgehead atoms. The number of carbonyl (C=O) groups is 2. The number of thiocarbonyl (C=S) groups is 1. The monoisotopic (exact) mass is 374 g/mol. The van der Waals surface area contributed by atoms with Crippen LogP contribution in [0, 0.1) is 6.92 Å². The fourth-order valence-corrected chi connectivity index (χ4v) is 4.00. The van der Waals surface area contributed by atoms with Crippen molar-refractivity contribution in [2.75, 3.05) is 30.8 Å². The summed E-state index contributed by atoms with van der Waals surface area (Å²) in [5.74, 6) is -0.241. The van der Waals surface area contributed by atoms with E-state index in [1.165, 1.54) is 23.1 Å².